The van der Waals surface area contributed by atoms with Crippen LogP contribution in [0.2, 0.25) is 0 Å². The van der Waals surface area contributed by atoms with Gasteiger partial charge in [-0.1, -0.05) is 19.3 Å². The second-order valence-corrected chi connectivity index (χ2v) is 5.41. The van der Waals surface area contributed by atoms with Crippen LogP contribution in [0.3, 0.4) is 0 Å². The van der Waals surface area contributed by atoms with Crippen LogP contribution in [0.5, 0.6) is 0 Å². The lowest BCUT2D eigenvalue weighted by Gasteiger charge is -2.37. The van der Waals surface area contributed by atoms with Crippen LogP contribution < -0.4 is 5.73 Å². The van der Waals surface area contributed by atoms with Gasteiger partial charge in [-0.15, -0.1) is 0 Å². The Bertz CT molecular complexity index is 386. The third-order valence-corrected chi connectivity index (χ3v) is 4.41. The maximum atomic E-state index is 6.12. The SMILES string of the molecule is CCn1nc(C)c(C2(CN)CCCCC2)c1C. The first-order valence-corrected chi connectivity index (χ1v) is 6.89. The minimum Gasteiger partial charge on any atom is -0.330 e. The quantitative estimate of drug-likeness (QED) is 0.875. The Morgan fingerprint density at radius 2 is 1.88 bits per heavy atom. The number of aryl methyl sites for hydroxylation is 2. The molecule has 0 aliphatic heterocycles. The first-order chi connectivity index (χ1) is 8.14. The highest BCUT2D eigenvalue weighted by Crippen LogP contribution is 2.41. The molecular formula is C14H25N3. The van der Waals surface area contributed by atoms with Crippen molar-refractivity contribution >= 4 is 0 Å². The molecule has 2 rings (SSSR count). The monoisotopic (exact) mass is 235 g/mol. The molecule has 0 spiro atoms. The van der Waals surface area contributed by atoms with Crippen LogP contribution >= 0.6 is 0 Å². The van der Waals surface area contributed by atoms with Gasteiger partial charge in [-0.25, -0.2) is 0 Å². The van der Waals surface area contributed by atoms with Gasteiger partial charge in [-0.3, -0.25) is 4.68 Å². The summed E-state index contributed by atoms with van der Waals surface area (Å²) >= 11 is 0. The molecule has 0 aromatic carbocycles. The molecule has 0 bridgehead atoms. The average molecular weight is 235 g/mol. The summed E-state index contributed by atoms with van der Waals surface area (Å²) in [7, 11) is 0. The van der Waals surface area contributed by atoms with Gasteiger partial charge in [0.1, 0.15) is 0 Å². The summed E-state index contributed by atoms with van der Waals surface area (Å²) in [6, 6.07) is 0. The Labute approximate surface area is 104 Å². The minimum atomic E-state index is 0.208. The van der Waals surface area contributed by atoms with Crippen LogP contribution in [0, 0.1) is 13.8 Å². The Hall–Kier alpha value is -0.830. The predicted molar refractivity (Wildman–Crippen MR) is 71.2 cm³/mol. The second-order valence-electron chi connectivity index (χ2n) is 5.41. The standard InChI is InChI=1S/C14H25N3/c1-4-17-12(3)13(11(2)16-17)14(10-15)8-6-5-7-9-14/h4-10,15H2,1-3H3. The predicted octanol–water partition coefficient (Wildman–Crippen LogP) is 2.68. The molecular weight excluding hydrogens is 210 g/mol. The van der Waals surface area contributed by atoms with Crippen LogP contribution in [0.15, 0.2) is 0 Å². The molecule has 1 aliphatic rings. The van der Waals surface area contributed by atoms with E-state index in [1.54, 1.807) is 0 Å². The van der Waals surface area contributed by atoms with Crippen molar-refractivity contribution in [3.05, 3.63) is 17.0 Å². The van der Waals surface area contributed by atoms with E-state index in [2.05, 4.69) is 30.6 Å². The summed E-state index contributed by atoms with van der Waals surface area (Å²) in [5, 5.41) is 4.66. The molecule has 1 fully saturated rings. The molecule has 17 heavy (non-hydrogen) atoms. The number of nitrogens with zero attached hydrogens (tertiary/aromatic N) is 2. The van der Waals surface area contributed by atoms with Gasteiger partial charge in [-0.2, -0.15) is 5.10 Å². The van der Waals surface area contributed by atoms with Crippen molar-refractivity contribution < 1.29 is 0 Å². The molecule has 0 amide bonds. The summed E-state index contributed by atoms with van der Waals surface area (Å²) in [4.78, 5) is 0. The minimum absolute atomic E-state index is 0.208. The maximum Gasteiger partial charge on any atom is 0.0634 e. The number of hydrogen-bond acceptors (Lipinski definition) is 2. The van der Waals surface area contributed by atoms with Crippen LogP contribution in [-0.4, -0.2) is 16.3 Å². The summed E-state index contributed by atoms with van der Waals surface area (Å²) in [5.41, 5.74) is 10.3. The molecule has 1 heterocycles. The molecule has 3 nitrogen and oxygen atoms in total. The number of hydrogen-bond donors (Lipinski definition) is 1. The van der Waals surface area contributed by atoms with Crippen molar-refractivity contribution in [2.45, 2.75) is 64.8 Å². The molecule has 1 aromatic heterocycles. The average Bonchev–Trinajstić information content (AvgIpc) is 2.65. The number of rotatable bonds is 3. The second kappa shape index (κ2) is 4.81. The van der Waals surface area contributed by atoms with Crippen LogP contribution in [0.1, 0.15) is 56.0 Å². The van der Waals surface area contributed by atoms with E-state index in [-0.39, 0.29) is 5.41 Å². The van der Waals surface area contributed by atoms with E-state index in [9.17, 15) is 0 Å². The lowest BCUT2D eigenvalue weighted by molar-refractivity contribution is 0.298. The van der Waals surface area contributed by atoms with E-state index in [0.29, 0.717) is 0 Å². The highest BCUT2D eigenvalue weighted by atomic mass is 15.3. The van der Waals surface area contributed by atoms with E-state index >= 15 is 0 Å². The number of nitrogens with two attached hydrogens (primary N) is 1. The fraction of sp³-hybridized carbons (Fsp3) is 0.786. The molecule has 1 saturated carbocycles. The largest absolute Gasteiger partial charge is 0.330 e. The van der Waals surface area contributed by atoms with Gasteiger partial charge >= 0.3 is 0 Å². The van der Waals surface area contributed by atoms with E-state index < -0.39 is 0 Å². The topological polar surface area (TPSA) is 43.8 Å². The number of aromatic nitrogens is 2. The Morgan fingerprint density at radius 1 is 1.24 bits per heavy atom. The lowest BCUT2D eigenvalue weighted by Crippen LogP contribution is -2.38. The molecule has 0 unspecified atom stereocenters. The van der Waals surface area contributed by atoms with Crippen molar-refractivity contribution in [1.29, 1.82) is 0 Å². The molecule has 2 N–H and O–H groups in total. The van der Waals surface area contributed by atoms with Gasteiger partial charge in [0, 0.05) is 29.8 Å². The summed E-state index contributed by atoms with van der Waals surface area (Å²) < 4.78 is 2.12. The highest BCUT2D eigenvalue weighted by Gasteiger charge is 2.36. The summed E-state index contributed by atoms with van der Waals surface area (Å²) in [6.45, 7) is 8.21. The third kappa shape index (κ3) is 2.01. The summed E-state index contributed by atoms with van der Waals surface area (Å²) in [5.74, 6) is 0. The smallest absolute Gasteiger partial charge is 0.0634 e. The molecule has 0 atom stereocenters. The van der Waals surface area contributed by atoms with Crippen LogP contribution in [-0.2, 0) is 12.0 Å². The molecule has 3 heteroatoms. The molecule has 1 aliphatic carbocycles. The van der Waals surface area contributed by atoms with Gasteiger partial charge in [0.2, 0.25) is 0 Å². The van der Waals surface area contributed by atoms with Gasteiger partial charge in [0.25, 0.3) is 0 Å². The van der Waals surface area contributed by atoms with Crippen molar-refractivity contribution in [3.8, 4) is 0 Å². The van der Waals surface area contributed by atoms with Crippen molar-refractivity contribution in [2.75, 3.05) is 6.54 Å². The van der Waals surface area contributed by atoms with Gasteiger partial charge in [-0.05, 0) is 33.6 Å². The first-order valence-electron chi connectivity index (χ1n) is 6.89. The molecule has 0 saturated heterocycles. The van der Waals surface area contributed by atoms with E-state index in [0.717, 1.165) is 13.1 Å². The van der Waals surface area contributed by atoms with Gasteiger partial charge < -0.3 is 5.73 Å². The third-order valence-electron chi connectivity index (χ3n) is 4.41. The normalized spacial score (nSPS) is 19.5. The highest BCUT2D eigenvalue weighted by molar-refractivity contribution is 5.34. The Kier molecular flexibility index (Phi) is 3.57. The van der Waals surface area contributed by atoms with Crippen LogP contribution in [0.4, 0.5) is 0 Å². The lowest BCUT2D eigenvalue weighted by atomic mass is 9.68. The van der Waals surface area contributed by atoms with Crippen molar-refractivity contribution in [3.63, 3.8) is 0 Å². The van der Waals surface area contributed by atoms with E-state index in [1.165, 1.54) is 49.1 Å². The molecule has 1 aromatic rings. The fourth-order valence-electron chi connectivity index (χ4n) is 3.56. The Morgan fingerprint density at radius 3 is 2.35 bits per heavy atom. The zero-order valence-electron chi connectivity index (χ0n) is 11.4. The van der Waals surface area contributed by atoms with Gasteiger partial charge in [0.15, 0.2) is 0 Å². The molecule has 96 valence electrons. The first kappa shape index (κ1) is 12.6. The van der Waals surface area contributed by atoms with E-state index in [1.807, 2.05) is 0 Å². The van der Waals surface area contributed by atoms with E-state index in [4.69, 9.17) is 5.73 Å². The maximum absolute atomic E-state index is 6.12. The van der Waals surface area contributed by atoms with Crippen LogP contribution in [0.25, 0.3) is 0 Å². The fourth-order valence-corrected chi connectivity index (χ4v) is 3.56. The van der Waals surface area contributed by atoms with Crippen molar-refractivity contribution in [2.24, 2.45) is 5.73 Å². The summed E-state index contributed by atoms with van der Waals surface area (Å²) in [6.07, 6.45) is 6.46. The zero-order valence-corrected chi connectivity index (χ0v) is 11.4. The zero-order chi connectivity index (χ0) is 12.5. The van der Waals surface area contributed by atoms with Gasteiger partial charge in [0.05, 0.1) is 5.69 Å². The van der Waals surface area contributed by atoms with Crippen molar-refractivity contribution in [1.82, 2.24) is 9.78 Å². The molecule has 0 radical (unpaired) electrons. The Balaban J connectivity index is 2.46.